The number of esters is 4. The van der Waals surface area contributed by atoms with Crippen LogP contribution >= 0.6 is 0 Å². The van der Waals surface area contributed by atoms with E-state index in [2.05, 4.69) is 0 Å². The fraction of sp³-hybridized carbons (Fsp3) is 0.364. The molecule has 1 N–H and O–H groups in total. The van der Waals surface area contributed by atoms with Gasteiger partial charge in [0.1, 0.15) is 24.4 Å². The first-order valence-corrected chi connectivity index (χ1v) is 18.3. The third-order valence-electron chi connectivity index (χ3n) is 8.35. The van der Waals surface area contributed by atoms with E-state index >= 15 is 0 Å². The average molecular weight is 771 g/mol. The van der Waals surface area contributed by atoms with Gasteiger partial charge in [0, 0.05) is 0 Å². The number of ether oxygens (including phenoxy) is 7. The van der Waals surface area contributed by atoms with Crippen molar-refractivity contribution in [3.8, 4) is 0 Å². The number of rotatable bonds is 21. The van der Waals surface area contributed by atoms with E-state index in [0.29, 0.717) is 22.3 Å². The highest BCUT2D eigenvalue weighted by molar-refractivity contribution is 5.91. The highest BCUT2D eigenvalue weighted by Crippen LogP contribution is 2.13. The van der Waals surface area contributed by atoms with E-state index in [-0.39, 0.29) is 39.6 Å². The number of carbonyl (C=O) groups excluding carboxylic acids is 4. The Morgan fingerprint density at radius 3 is 0.964 bits per heavy atom. The fourth-order valence-electron chi connectivity index (χ4n) is 5.09. The molecule has 298 valence electrons. The molecule has 0 aliphatic carbocycles. The fourth-order valence-corrected chi connectivity index (χ4v) is 5.09. The summed E-state index contributed by atoms with van der Waals surface area (Å²) < 4.78 is 40.0. The lowest BCUT2D eigenvalue weighted by molar-refractivity contribution is -0.0836. The summed E-state index contributed by atoms with van der Waals surface area (Å²) in [7, 11) is 0. The van der Waals surface area contributed by atoms with Gasteiger partial charge in [0.25, 0.3) is 0 Å². The summed E-state index contributed by atoms with van der Waals surface area (Å²) in [6, 6.07) is 27.6. The average Bonchev–Trinajstić information content (AvgIpc) is 3.18. The molecule has 0 spiro atoms. The second kappa shape index (κ2) is 22.2. The topological polar surface area (TPSA) is 153 Å². The first kappa shape index (κ1) is 43.3. The largest absolute Gasteiger partial charge is 0.457 e. The van der Waals surface area contributed by atoms with Crippen molar-refractivity contribution in [3.05, 3.63) is 142 Å². The van der Waals surface area contributed by atoms with Crippen molar-refractivity contribution in [2.45, 2.75) is 59.0 Å². The summed E-state index contributed by atoms with van der Waals surface area (Å²) >= 11 is 0. The van der Waals surface area contributed by atoms with Gasteiger partial charge < -0.3 is 38.3 Å². The van der Waals surface area contributed by atoms with Gasteiger partial charge in [0.15, 0.2) is 0 Å². The van der Waals surface area contributed by atoms with Gasteiger partial charge in [0.05, 0.1) is 68.5 Å². The van der Waals surface area contributed by atoms with Crippen molar-refractivity contribution < 1.29 is 57.4 Å². The molecule has 0 bridgehead atoms. The Balaban J connectivity index is 1.37. The van der Waals surface area contributed by atoms with E-state index in [0.717, 1.165) is 22.3 Å². The Morgan fingerprint density at radius 1 is 0.411 bits per heavy atom. The zero-order chi connectivity index (χ0) is 40.5. The zero-order valence-corrected chi connectivity index (χ0v) is 32.4. The minimum Gasteiger partial charge on any atom is -0.457 e. The summed E-state index contributed by atoms with van der Waals surface area (Å²) in [6.07, 6.45) is -3.45. The van der Waals surface area contributed by atoms with Gasteiger partial charge in [-0.2, -0.15) is 0 Å². The maximum absolute atomic E-state index is 13.1. The summed E-state index contributed by atoms with van der Waals surface area (Å²) in [4.78, 5) is 51.4. The predicted octanol–water partition coefficient (Wildman–Crippen LogP) is 6.18. The van der Waals surface area contributed by atoms with Crippen LogP contribution < -0.4 is 0 Å². The molecule has 4 unspecified atom stereocenters. The van der Waals surface area contributed by atoms with Crippen LogP contribution in [0.1, 0.15) is 70.6 Å². The summed E-state index contributed by atoms with van der Waals surface area (Å²) in [5.41, 5.74) is 5.32. The van der Waals surface area contributed by atoms with E-state index in [1.54, 1.807) is 91.9 Å². The van der Waals surface area contributed by atoms with E-state index in [9.17, 15) is 24.3 Å². The van der Waals surface area contributed by atoms with Crippen LogP contribution in [0.25, 0.3) is 0 Å². The van der Waals surface area contributed by atoms with Gasteiger partial charge >= 0.3 is 23.9 Å². The van der Waals surface area contributed by atoms with Crippen LogP contribution in [0.5, 0.6) is 0 Å². The van der Waals surface area contributed by atoms with E-state index in [1.807, 2.05) is 39.8 Å². The molecule has 4 aromatic carbocycles. The number of benzene rings is 4. The molecule has 0 aliphatic rings. The van der Waals surface area contributed by atoms with E-state index < -0.39 is 54.9 Å². The minimum atomic E-state index is -0.987. The molecule has 0 aromatic heterocycles. The van der Waals surface area contributed by atoms with Crippen LogP contribution in [-0.2, 0) is 33.2 Å². The Morgan fingerprint density at radius 2 is 0.661 bits per heavy atom. The molecule has 0 amide bonds. The van der Waals surface area contributed by atoms with Gasteiger partial charge in [0.2, 0.25) is 0 Å². The lowest BCUT2D eigenvalue weighted by Gasteiger charge is -2.23. The number of hydrogen-bond acceptors (Lipinski definition) is 12. The molecule has 12 heteroatoms. The van der Waals surface area contributed by atoms with Crippen LogP contribution in [0, 0.1) is 27.7 Å². The van der Waals surface area contributed by atoms with E-state index in [4.69, 9.17) is 33.2 Å². The second-order valence-electron chi connectivity index (χ2n) is 13.6. The zero-order valence-electron chi connectivity index (χ0n) is 32.4. The smallest absolute Gasteiger partial charge is 0.338 e. The van der Waals surface area contributed by atoms with Crippen LogP contribution in [0.3, 0.4) is 0 Å². The van der Waals surface area contributed by atoms with Crippen molar-refractivity contribution >= 4 is 23.9 Å². The Kier molecular flexibility index (Phi) is 17.2. The molecule has 4 atom stereocenters. The number of carbonyl (C=O) groups is 4. The molecule has 0 fully saturated rings. The third kappa shape index (κ3) is 14.7. The molecule has 0 radical (unpaired) electrons. The third-order valence-corrected chi connectivity index (χ3v) is 8.35. The van der Waals surface area contributed by atoms with Crippen molar-refractivity contribution in [1.82, 2.24) is 0 Å². The van der Waals surface area contributed by atoms with Gasteiger partial charge in [-0.3, -0.25) is 0 Å². The molecule has 12 nitrogen and oxygen atoms in total. The van der Waals surface area contributed by atoms with Crippen molar-refractivity contribution in [2.75, 3.05) is 46.2 Å². The first-order chi connectivity index (χ1) is 26.9. The summed E-state index contributed by atoms with van der Waals surface area (Å²) in [5.74, 6) is -2.32. The molecule has 0 saturated heterocycles. The predicted molar refractivity (Wildman–Crippen MR) is 207 cm³/mol. The number of aryl methyl sites for hydroxylation is 4. The molecule has 0 saturated carbocycles. The molecular weight excluding hydrogens is 720 g/mol. The quantitative estimate of drug-likeness (QED) is 0.0760. The van der Waals surface area contributed by atoms with Gasteiger partial charge in [-0.15, -0.1) is 0 Å². The lowest BCUT2D eigenvalue weighted by atomic mass is 10.1. The standard InChI is InChI=1S/C44H50O12/c1-29-6-14-34(15-7-29)41(46)53-33(5)23-50-25-39(55-43(48)36-18-10-31(3)11-19-36)27-52-28-40(56-44(49)37-20-12-32(4)13-21-37)26-51-24-38(22-45)54-42(47)35-16-8-30(2)9-17-35/h6-21,33,38-40,45H,22-28H2,1-5H3. The maximum Gasteiger partial charge on any atom is 0.338 e. The molecule has 0 heterocycles. The Hall–Kier alpha value is -5.40. The summed E-state index contributed by atoms with van der Waals surface area (Å²) in [6.45, 7) is 8.03. The van der Waals surface area contributed by atoms with Crippen LogP contribution in [-0.4, -0.2) is 99.6 Å². The summed E-state index contributed by atoms with van der Waals surface area (Å²) in [5, 5.41) is 9.88. The highest BCUT2D eigenvalue weighted by Gasteiger charge is 2.23. The maximum atomic E-state index is 13.1. The monoisotopic (exact) mass is 770 g/mol. The van der Waals surface area contributed by atoms with Gasteiger partial charge in [-0.1, -0.05) is 70.8 Å². The van der Waals surface area contributed by atoms with Crippen molar-refractivity contribution in [2.24, 2.45) is 0 Å². The number of hydrogen-bond donors (Lipinski definition) is 1. The first-order valence-electron chi connectivity index (χ1n) is 18.3. The van der Waals surface area contributed by atoms with Gasteiger partial charge in [-0.05, 0) is 83.1 Å². The van der Waals surface area contributed by atoms with Crippen molar-refractivity contribution in [3.63, 3.8) is 0 Å². The lowest BCUT2D eigenvalue weighted by Crippen LogP contribution is -2.35. The molecule has 0 aliphatic heterocycles. The normalized spacial score (nSPS) is 13.2. The Bertz CT molecular complexity index is 1840. The van der Waals surface area contributed by atoms with Crippen LogP contribution in [0.15, 0.2) is 97.1 Å². The molecule has 56 heavy (non-hydrogen) atoms. The molecule has 4 rings (SSSR count). The number of aliphatic hydroxyl groups is 1. The molecule has 4 aromatic rings. The van der Waals surface area contributed by atoms with Crippen LogP contribution in [0.4, 0.5) is 0 Å². The number of aliphatic hydroxyl groups excluding tert-OH is 1. The SMILES string of the molecule is Cc1ccc(C(=O)OC(C)COCC(COCC(COCC(CO)OC(=O)c2ccc(C)cc2)OC(=O)c2ccc(C)cc2)OC(=O)c2ccc(C)cc2)cc1. The Labute approximate surface area is 327 Å². The minimum absolute atomic E-state index is 0.0152. The van der Waals surface area contributed by atoms with Crippen LogP contribution in [0.2, 0.25) is 0 Å². The van der Waals surface area contributed by atoms with Crippen molar-refractivity contribution in [1.29, 1.82) is 0 Å². The second-order valence-corrected chi connectivity index (χ2v) is 13.6. The molecular formula is C44H50O12. The van der Waals surface area contributed by atoms with Gasteiger partial charge in [-0.25, -0.2) is 19.2 Å². The van der Waals surface area contributed by atoms with E-state index in [1.165, 1.54) is 0 Å². The highest BCUT2D eigenvalue weighted by atomic mass is 16.6.